The molecule has 10 heteroatoms. The third kappa shape index (κ3) is 4.77. The van der Waals surface area contributed by atoms with Crippen molar-refractivity contribution in [3.8, 4) is 17.1 Å². The molecule has 162 valence electrons. The first-order chi connectivity index (χ1) is 15.4. The number of carbonyl (C=O) groups excluding carboxylic acids is 1. The average molecular weight is 485 g/mol. The lowest BCUT2D eigenvalue weighted by Crippen LogP contribution is -2.23. The van der Waals surface area contributed by atoms with E-state index in [1.807, 2.05) is 47.9 Å². The number of aromatic nitrogens is 5. The van der Waals surface area contributed by atoms with Gasteiger partial charge in [0.1, 0.15) is 0 Å². The van der Waals surface area contributed by atoms with Gasteiger partial charge in [0, 0.05) is 24.2 Å². The summed E-state index contributed by atoms with van der Waals surface area (Å²) in [6.45, 7) is 3.80. The molecule has 7 nitrogen and oxygen atoms in total. The molecule has 1 amide bonds. The average Bonchev–Trinajstić information content (AvgIpc) is 3.19. The minimum Gasteiger partial charge on any atom is -0.308 e. The van der Waals surface area contributed by atoms with Crippen LogP contribution in [0.5, 0.6) is 0 Å². The number of aryl methyl sites for hydroxylation is 1. The van der Waals surface area contributed by atoms with E-state index in [1.54, 1.807) is 19.3 Å². The number of hydrogen-bond acceptors (Lipinski definition) is 6. The number of anilines is 1. The number of halogens is 2. The van der Waals surface area contributed by atoms with Gasteiger partial charge in [-0.15, -0.1) is 10.2 Å². The maximum atomic E-state index is 12.8. The third-order valence-corrected chi connectivity index (χ3v) is 6.15. The van der Waals surface area contributed by atoms with E-state index in [-0.39, 0.29) is 16.7 Å². The van der Waals surface area contributed by atoms with E-state index in [9.17, 15) is 4.79 Å². The van der Waals surface area contributed by atoms with Crippen LogP contribution in [-0.2, 0) is 4.79 Å². The Kier molecular flexibility index (Phi) is 6.74. The number of para-hydroxylation sites is 1. The Hall–Kier alpha value is -2.94. The van der Waals surface area contributed by atoms with Gasteiger partial charge in [0.15, 0.2) is 16.8 Å². The van der Waals surface area contributed by atoms with Crippen LogP contribution in [-0.4, -0.2) is 35.9 Å². The van der Waals surface area contributed by atoms with E-state index in [4.69, 9.17) is 23.2 Å². The highest BCUT2D eigenvalue weighted by Gasteiger charge is 2.23. The number of benzene rings is 1. The summed E-state index contributed by atoms with van der Waals surface area (Å²) in [5, 5.41) is 12.3. The van der Waals surface area contributed by atoms with Crippen LogP contribution >= 0.6 is 35.0 Å². The molecule has 0 radical (unpaired) electrons. The second-order valence-electron chi connectivity index (χ2n) is 6.90. The molecular weight excluding hydrogens is 467 g/mol. The Morgan fingerprint density at radius 3 is 2.66 bits per heavy atom. The van der Waals surface area contributed by atoms with Crippen molar-refractivity contribution in [3.05, 3.63) is 76.7 Å². The number of pyridine rings is 2. The highest BCUT2D eigenvalue weighted by molar-refractivity contribution is 8.00. The predicted molar refractivity (Wildman–Crippen MR) is 128 cm³/mol. The molecule has 0 saturated carbocycles. The van der Waals surface area contributed by atoms with Gasteiger partial charge in [-0.05, 0) is 43.7 Å². The summed E-state index contributed by atoms with van der Waals surface area (Å²) in [4.78, 5) is 21.1. The zero-order valence-corrected chi connectivity index (χ0v) is 19.5. The monoisotopic (exact) mass is 484 g/mol. The first kappa shape index (κ1) is 22.3. The van der Waals surface area contributed by atoms with Crippen molar-refractivity contribution in [2.24, 2.45) is 0 Å². The first-order valence-corrected chi connectivity index (χ1v) is 11.3. The van der Waals surface area contributed by atoms with Crippen molar-refractivity contribution < 1.29 is 4.79 Å². The van der Waals surface area contributed by atoms with Crippen LogP contribution in [0.4, 0.5) is 5.82 Å². The van der Waals surface area contributed by atoms with Gasteiger partial charge in [-0.1, -0.05) is 53.2 Å². The number of amides is 1. The highest BCUT2D eigenvalue weighted by Crippen LogP contribution is 2.32. The Bertz CT molecular complexity index is 1260. The Balaban J connectivity index is 1.65. The largest absolute Gasteiger partial charge is 0.308 e. The van der Waals surface area contributed by atoms with Crippen molar-refractivity contribution >= 4 is 46.7 Å². The van der Waals surface area contributed by atoms with Gasteiger partial charge < -0.3 is 5.32 Å². The highest BCUT2D eigenvalue weighted by atomic mass is 35.5. The molecular formula is C22H18Cl2N6OS. The zero-order chi connectivity index (χ0) is 22.7. The molecule has 0 fully saturated rings. The number of carbonyl (C=O) groups is 1. The van der Waals surface area contributed by atoms with E-state index < -0.39 is 5.25 Å². The van der Waals surface area contributed by atoms with E-state index in [2.05, 4.69) is 25.5 Å². The maximum absolute atomic E-state index is 12.8. The molecule has 0 spiro atoms. The number of hydrogen-bond donors (Lipinski definition) is 1. The molecule has 1 aromatic carbocycles. The Labute approximate surface area is 199 Å². The molecule has 1 atom stereocenters. The zero-order valence-electron chi connectivity index (χ0n) is 17.2. The molecule has 0 aliphatic heterocycles. The minimum absolute atomic E-state index is 0.255. The quantitative estimate of drug-likeness (QED) is 0.365. The summed E-state index contributed by atoms with van der Waals surface area (Å²) < 4.78 is 1.94. The minimum atomic E-state index is -0.503. The molecule has 0 bridgehead atoms. The molecule has 0 aliphatic rings. The smallest absolute Gasteiger partial charge is 0.238 e. The maximum Gasteiger partial charge on any atom is 0.238 e. The Morgan fingerprint density at radius 1 is 1.12 bits per heavy atom. The number of rotatable bonds is 6. The third-order valence-electron chi connectivity index (χ3n) is 4.61. The van der Waals surface area contributed by atoms with Gasteiger partial charge in [-0.25, -0.2) is 4.98 Å². The number of nitrogens with zero attached hydrogens (tertiary/aromatic N) is 5. The van der Waals surface area contributed by atoms with Crippen molar-refractivity contribution in [2.45, 2.75) is 24.3 Å². The van der Waals surface area contributed by atoms with Crippen LogP contribution in [0.15, 0.2) is 66.2 Å². The van der Waals surface area contributed by atoms with Gasteiger partial charge in [0.2, 0.25) is 5.91 Å². The molecule has 3 aromatic heterocycles. The van der Waals surface area contributed by atoms with Crippen LogP contribution in [0.1, 0.15) is 12.5 Å². The van der Waals surface area contributed by atoms with Crippen molar-refractivity contribution in [2.75, 3.05) is 5.32 Å². The van der Waals surface area contributed by atoms with Gasteiger partial charge >= 0.3 is 0 Å². The lowest BCUT2D eigenvalue weighted by Gasteiger charge is -2.15. The molecule has 4 aromatic rings. The molecule has 0 aliphatic carbocycles. The summed E-state index contributed by atoms with van der Waals surface area (Å²) in [5.41, 5.74) is 2.80. The number of nitrogens with one attached hydrogen (secondary N) is 1. The fourth-order valence-corrected chi connectivity index (χ4v) is 4.28. The first-order valence-electron chi connectivity index (χ1n) is 9.64. The SMILES string of the molecule is Cc1ccccc1-n1c(SC(C)C(=O)Nc2ncc(Cl)cc2Cl)nnc1-c1cccnc1. The topological polar surface area (TPSA) is 85.6 Å². The summed E-state index contributed by atoms with van der Waals surface area (Å²) in [7, 11) is 0. The predicted octanol–water partition coefficient (Wildman–Crippen LogP) is 5.46. The summed E-state index contributed by atoms with van der Waals surface area (Å²) in [6, 6.07) is 13.2. The fraction of sp³-hybridized carbons (Fsp3) is 0.136. The van der Waals surface area contributed by atoms with Crippen LogP contribution in [0.2, 0.25) is 10.0 Å². The summed E-state index contributed by atoms with van der Waals surface area (Å²) in [5.74, 6) is 0.629. The normalized spacial score (nSPS) is 11.9. The van der Waals surface area contributed by atoms with Crippen LogP contribution in [0.25, 0.3) is 17.1 Å². The van der Waals surface area contributed by atoms with E-state index in [1.165, 1.54) is 24.0 Å². The molecule has 1 unspecified atom stereocenters. The van der Waals surface area contributed by atoms with Crippen molar-refractivity contribution in [1.29, 1.82) is 0 Å². The van der Waals surface area contributed by atoms with Crippen LogP contribution < -0.4 is 5.32 Å². The number of thioether (sulfide) groups is 1. The fourth-order valence-electron chi connectivity index (χ4n) is 3.00. The lowest BCUT2D eigenvalue weighted by molar-refractivity contribution is -0.115. The molecule has 0 saturated heterocycles. The van der Waals surface area contributed by atoms with Gasteiger partial charge in [-0.2, -0.15) is 0 Å². The molecule has 1 N–H and O–H groups in total. The van der Waals surface area contributed by atoms with Crippen LogP contribution in [0, 0.1) is 6.92 Å². The summed E-state index contributed by atoms with van der Waals surface area (Å²) in [6.07, 6.45) is 4.86. The van der Waals surface area contributed by atoms with Gasteiger partial charge in [0.05, 0.1) is 21.0 Å². The second-order valence-corrected chi connectivity index (χ2v) is 9.05. The van der Waals surface area contributed by atoms with Crippen molar-refractivity contribution in [3.63, 3.8) is 0 Å². The van der Waals surface area contributed by atoms with E-state index >= 15 is 0 Å². The molecule has 4 rings (SSSR count). The standard InChI is InChI=1S/C22H18Cl2N6OS/c1-13-6-3-4-8-18(13)30-20(15-7-5-9-25-11-15)28-29-22(30)32-14(2)21(31)27-19-17(24)10-16(23)12-26-19/h3-12,14H,1-2H3,(H,26,27,31). The van der Waals surface area contributed by atoms with Gasteiger partial charge in [-0.3, -0.25) is 14.3 Å². The second kappa shape index (κ2) is 9.68. The van der Waals surface area contributed by atoms with E-state index in [0.717, 1.165) is 16.8 Å². The van der Waals surface area contributed by atoms with Gasteiger partial charge in [0.25, 0.3) is 0 Å². The lowest BCUT2D eigenvalue weighted by atomic mass is 10.2. The summed E-state index contributed by atoms with van der Waals surface area (Å²) >= 11 is 13.3. The van der Waals surface area contributed by atoms with Crippen molar-refractivity contribution in [1.82, 2.24) is 24.7 Å². The molecule has 32 heavy (non-hydrogen) atoms. The molecule has 3 heterocycles. The van der Waals surface area contributed by atoms with E-state index in [0.29, 0.717) is 16.0 Å². The Morgan fingerprint density at radius 2 is 1.94 bits per heavy atom. The van der Waals surface area contributed by atoms with Crippen LogP contribution in [0.3, 0.4) is 0 Å².